The molecule has 17 heavy (non-hydrogen) atoms. The van der Waals surface area contributed by atoms with E-state index in [0.717, 1.165) is 22.9 Å². The number of hydrogen-bond acceptors (Lipinski definition) is 4. The average molecular weight is 248 g/mol. The molecule has 0 aliphatic heterocycles. The summed E-state index contributed by atoms with van der Waals surface area (Å²) in [7, 11) is 0. The molecule has 0 saturated heterocycles. The third-order valence-corrected chi connectivity index (χ3v) is 3.44. The van der Waals surface area contributed by atoms with Crippen LogP contribution in [0.25, 0.3) is 0 Å². The van der Waals surface area contributed by atoms with Crippen LogP contribution in [0.15, 0.2) is 35.7 Å². The Morgan fingerprint density at radius 1 is 1.29 bits per heavy atom. The van der Waals surface area contributed by atoms with Gasteiger partial charge in [0, 0.05) is 23.3 Å². The summed E-state index contributed by atoms with van der Waals surface area (Å²) in [6, 6.07) is 10.1. The summed E-state index contributed by atoms with van der Waals surface area (Å²) in [6.07, 6.45) is 0. The van der Waals surface area contributed by atoms with E-state index in [1.165, 1.54) is 0 Å². The number of hydrogen-bond donors (Lipinski definition) is 1. The lowest BCUT2D eigenvalue weighted by molar-refractivity contribution is 0.301. The highest BCUT2D eigenvalue weighted by Gasteiger charge is 2.08. The topological polar surface area (TPSA) is 36.4 Å². The van der Waals surface area contributed by atoms with Crippen LogP contribution in [0.2, 0.25) is 0 Å². The first-order valence-corrected chi connectivity index (χ1v) is 6.49. The fraction of sp³-hybridized carbons (Fsp3) is 0.308. The predicted molar refractivity (Wildman–Crippen MR) is 71.4 cm³/mol. The second-order valence-corrected chi connectivity index (χ2v) is 4.81. The molecule has 4 heteroatoms. The first-order chi connectivity index (χ1) is 8.29. The van der Waals surface area contributed by atoms with Crippen molar-refractivity contribution in [2.45, 2.75) is 13.5 Å². The summed E-state index contributed by atoms with van der Waals surface area (Å²) < 4.78 is 0. The fourth-order valence-electron chi connectivity index (χ4n) is 1.70. The van der Waals surface area contributed by atoms with E-state index in [-0.39, 0.29) is 6.61 Å². The van der Waals surface area contributed by atoms with Crippen LogP contribution >= 0.6 is 11.3 Å². The molecule has 2 aromatic rings. The van der Waals surface area contributed by atoms with Crippen LogP contribution in [0.4, 0.5) is 5.69 Å². The van der Waals surface area contributed by atoms with Crippen molar-refractivity contribution in [2.75, 3.05) is 18.1 Å². The van der Waals surface area contributed by atoms with Crippen molar-refractivity contribution in [1.82, 2.24) is 4.98 Å². The van der Waals surface area contributed by atoms with Crippen molar-refractivity contribution < 1.29 is 5.11 Å². The van der Waals surface area contributed by atoms with E-state index in [0.29, 0.717) is 6.54 Å². The van der Waals surface area contributed by atoms with E-state index in [2.05, 4.69) is 27.4 Å². The minimum atomic E-state index is 0.152. The molecule has 0 bridgehead atoms. The number of benzene rings is 1. The predicted octanol–water partition coefficient (Wildman–Crippen LogP) is 2.45. The van der Waals surface area contributed by atoms with Gasteiger partial charge in [0.15, 0.2) is 0 Å². The van der Waals surface area contributed by atoms with Crippen molar-refractivity contribution in [3.63, 3.8) is 0 Å². The molecule has 1 N–H and O–H groups in total. The molecule has 0 aliphatic carbocycles. The summed E-state index contributed by atoms with van der Waals surface area (Å²) in [4.78, 5) is 6.59. The van der Waals surface area contributed by atoms with Crippen LogP contribution in [0.5, 0.6) is 0 Å². The molecule has 0 spiro atoms. The maximum absolute atomic E-state index is 9.12. The maximum Gasteiger partial charge on any atom is 0.112 e. The molecule has 1 aromatic heterocycles. The summed E-state index contributed by atoms with van der Waals surface area (Å²) in [6.45, 7) is 3.53. The molecule has 2 rings (SSSR count). The van der Waals surface area contributed by atoms with Crippen molar-refractivity contribution in [1.29, 1.82) is 0 Å². The first-order valence-electron chi connectivity index (χ1n) is 5.61. The van der Waals surface area contributed by atoms with E-state index in [4.69, 9.17) is 5.11 Å². The monoisotopic (exact) mass is 248 g/mol. The third-order valence-electron chi connectivity index (χ3n) is 2.48. The Morgan fingerprint density at radius 3 is 2.65 bits per heavy atom. The maximum atomic E-state index is 9.12. The zero-order chi connectivity index (χ0) is 12.1. The number of aryl methyl sites for hydroxylation is 1. The fourth-order valence-corrected chi connectivity index (χ4v) is 2.48. The molecule has 0 fully saturated rings. The van der Waals surface area contributed by atoms with Gasteiger partial charge in [0.25, 0.3) is 0 Å². The minimum absolute atomic E-state index is 0.152. The van der Waals surface area contributed by atoms with E-state index >= 15 is 0 Å². The summed E-state index contributed by atoms with van der Waals surface area (Å²) in [5, 5.41) is 12.3. The van der Waals surface area contributed by atoms with Gasteiger partial charge >= 0.3 is 0 Å². The number of rotatable bonds is 5. The number of aliphatic hydroxyl groups excluding tert-OH is 1. The van der Waals surface area contributed by atoms with E-state index < -0.39 is 0 Å². The first kappa shape index (κ1) is 12.1. The highest BCUT2D eigenvalue weighted by molar-refractivity contribution is 7.09. The number of aromatic nitrogens is 1. The molecule has 0 unspecified atom stereocenters. The molecule has 0 aliphatic rings. The lowest BCUT2D eigenvalue weighted by atomic mass is 10.3. The van der Waals surface area contributed by atoms with Crippen LogP contribution in [0, 0.1) is 6.92 Å². The van der Waals surface area contributed by atoms with Gasteiger partial charge in [0.05, 0.1) is 13.2 Å². The standard InChI is InChI=1S/C13H16N2OS/c1-11-10-17-13(14-11)9-15(7-8-16)12-5-3-2-4-6-12/h2-6,10,16H,7-9H2,1H3. The zero-order valence-corrected chi connectivity index (χ0v) is 10.7. The lowest BCUT2D eigenvalue weighted by Crippen LogP contribution is -2.25. The van der Waals surface area contributed by atoms with E-state index in [1.54, 1.807) is 11.3 Å². The normalized spacial score (nSPS) is 10.5. The molecular formula is C13H16N2OS. The Bertz CT molecular complexity index is 455. The Labute approximate surface area is 105 Å². The van der Waals surface area contributed by atoms with Gasteiger partial charge < -0.3 is 10.0 Å². The minimum Gasteiger partial charge on any atom is -0.395 e. The van der Waals surface area contributed by atoms with Gasteiger partial charge in [-0.15, -0.1) is 11.3 Å². The highest BCUT2D eigenvalue weighted by atomic mass is 32.1. The second kappa shape index (κ2) is 5.80. The van der Waals surface area contributed by atoms with Crippen molar-refractivity contribution >= 4 is 17.0 Å². The van der Waals surface area contributed by atoms with Gasteiger partial charge in [0.1, 0.15) is 5.01 Å². The Morgan fingerprint density at radius 2 is 2.06 bits per heavy atom. The number of aliphatic hydroxyl groups is 1. The summed E-state index contributed by atoms with van der Waals surface area (Å²) in [5.74, 6) is 0. The summed E-state index contributed by atoms with van der Waals surface area (Å²) in [5.41, 5.74) is 2.18. The quantitative estimate of drug-likeness (QED) is 0.883. The Hall–Kier alpha value is -1.39. The Balaban J connectivity index is 2.13. The number of thiazole rings is 1. The lowest BCUT2D eigenvalue weighted by Gasteiger charge is -2.22. The molecule has 90 valence electrons. The van der Waals surface area contributed by atoms with E-state index in [1.807, 2.05) is 25.1 Å². The van der Waals surface area contributed by atoms with Crippen LogP contribution < -0.4 is 4.90 Å². The SMILES string of the molecule is Cc1csc(CN(CCO)c2ccccc2)n1. The van der Waals surface area contributed by atoms with Gasteiger partial charge in [-0.1, -0.05) is 18.2 Å². The molecule has 0 atom stereocenters. The number of nitrogens with zero attached hydrogens (tertiary/aromatic N) is 2. The third kappa shape index (κ3) is 3.28. The highest BCUT2D eigenvalue weighted by Crippen LogP contribution is 2.18. The largest absolute Gasteiger partial charge is 0.395 e. The van der Waals surface area contributed by atoms with Crippen LogP contribution in [0.1, 0.15) is 10.7 Å². The molecule has 1 aromatic carbocycles. The van der Waals surface area contributed by atoms with Crippen molar-refractivity contribution in [3.05, 3.63) is 46.4 Å². The van der Waals surface area contributed by atoms with Crippen LogP contribution in [-0.2, 0) is 6.54 Å². The molecule has 0 amide bonds. The van der Waals surface area contributed by atoms with Crippen LogP contribution in [0.3, 0.4) is 0 Å². The zero-order valence-electron chi connectivity index (χ0n) is 9.84. The van der Waals surface area contributed by atoms with Crippen molar-refractivity contribution in [2.24, 2.45) is 0 Å². The number of para-hydroxylation sites is 1. The average Bonchev–Trinajstić information content (AvgIpc) is 2.75. The van der Waals surface area contributed by atoms with Gasteiger partial charge in [-0.25, -0.2) is 4.98 Å². The number of anilines is 1. The van der Waals surface area contributed by atoms with Gasteiger partial charge in [-0.2, -0.15) is 0 Å². The molecule has 0 radical (unpaired) electrons. The second-order valence-electron chi connectivity index (χ2n) is 3.86. The summed E-state index contributed by atoms with van der Waals surface area (Å²) >= 11 is 1.66. The van der Waals surface area contributed by atoms with Crippen molar-refractivity contribution in [3.8, 4) is 0 Å². The molecule has 3 nitrogen and oxygen atoms in total. The van der Waals surface area contributed by atoms with Gasteiger partial charge in [-0.05, 0) is 19.1 Å². The molecule has 1 heterocycles. The Kier molecular flexibility index (Phi) is 4.12. The van der Waals surface area contributed by atoms with Gasteiger partial charge in [-0.3, -0.25) is 0 Å². The van der Waals surface area contributed by atoms with Crippen LogP contribution in [-0.4, -0.2) is 23.2 Å². The smallest absolute Gasteiger partial charge is 0.112 e. The van der Waals surface area contributed by atoms with Gasteiger partial charge in [0.2, 0.25) is 0 Å². The van der Waals surface area contributed by atoms with E-state index in [9.17, 15) is 0 Å². The molecule has 0 saturated carbocycles. The molecular weight excluding hydrogens is 232 g/mol.